The average molecular weight is 436 g/mol. The molecule has 0 heterocycles. The molecule has 0 radical (unpaired) electrons. The van der Waals surface area contributed by atoms with Crippen molar-refractivity contribution in [2.75, 3.05) is 0 Å². The first-order valence-corrected chi connectivity index (χ1v) is 14.2. The fraction of sp³-hybridized carbons (Fsp3) is 1.00. The van der Waals surface area contributed by atoms with Gasteiger partial charge in [0.2, 0.25) is 0 Å². The van der Waals surface area contributed by atoms with Gasteiger partial charge in [-0.1, -0.05) is 100 Å². The number of rotatable bonds is 15. The van der Waals surface area contributed by atoms with Gasteiger partial charge in [0.1, 0.15) is 0 Å². The van der Waals surface area contributed by atoms with Crippen LogP contribution in [0.15, 0.2) is 0 Å². The van der Waals surface area contributed by atoms with Crippen LogP contribution in [0.4, 0.5) is 0 Å². The van der Waals surface area contributed by atoms with Gasteiger partial charge in [-0.3, -0.25) is 0 Å². The summed E-state index contributed by atoms with van der Waals surface area (Å²) < 4.78 is 0. The Bertz CT molecular complexity index is 457. The highest BCUT2D eigenvalue weighted by Gasteiger charge is 2.35. The second-order valence-corrected chi connectivity index (χ2v) is 13.0. The van der Waals surface area contributed by atoms with Gasteiger partial charge in [0.15, 0.2) is 0 Å². The Hall–Kier alpha value is -0.0400. The summed E-state index contributed by atoms with van der Waals surface area (Å²) in [4.78, 5) is 0. The lowest BCUT2D eigenvalue weighted by Gasteiger charge is -2.42. The summed E-state index contributed by atoms with van der Waals surface area (Å²) in [6, 6.07) is 0.325. The fourth-order valence-corrected chi connectivity index (χ4v) is 7.08. The van der Waals surface area contributed by atoms with Crippen molar-refractivity contribution in [1.29, 1.82) is 0 Å². The van der Waals surface area contributed by atoms with E-state index in [1.54, 1.807) is 0 Å². The third-order valence-electron chi connectivity index (χ3n) is 9.60. The summed E-state index contributed by atoms with van der Waals surface area (Å²) in [6.45, 7) is 22.0. The highest BCUT2D eigenvalue weighted by molar-refractivity contribution is 4.86. The van der Waals surface area contributed by atoms with E-state index in [0.717, 1.165) is 17.8 Å². The molecule has 0 aliphatic heterocycles. The minimum absolute atomic E-state index is 0.325. The predicted octanol–water partition coefficient (Wildman–Crippen LogP) is 9.63. The molecule has 1 rings (SSSR count). The Labute approximate surface area is 198 Å². The second kappa shape index (κ2) is 13.6. The lowest BCUT2D eigenvalue weighted by molar-refractivity contribution is 0.0932. The van der Waals surface area contributed by atoms with Crippen LogP contribution in [0.25, 0.3) is 0 Å². The van der Waals surface area contributed by atoms with E-state index < -0.39 is 0 Å². The van der Waals surface area contributed by atoms with Gasteiger partial charge < -0.3 is 5.73 Å². The van der Waals surface area contributed by atoms with Gasteiger partial charge in [-0.05, 0) is 85.9 Å². The lowest BCUT2D eigenvalue weighted by atomic mass is 9.64. The van der Waals surface area contributed by atoms with Crippen molar-refractivity contribution >= 4 is 0 Å². The van der Waals surface area contributed by atoms with Gasteiger partial charge >= 0.3 is 0 Å². The first kappa shape index (κ1) is 29.0. The molecule has 0 aromatic heterocycles. The van der Waals surface area contributed by atoms with Crippen molar-refractivity contribution in [3.63, 3.8) is 0 Å². The summed E-state index contributed by atoms with van der Waals surface area (Å²) in [5.74, 6) is 4.06. The molecule has 6 atom stereocenters. The van der Waals surface area contributed by atoms with Crippen LogP contribution in [0.3, 0.4) is 0 Å². The smallest absolute Gasteiger partial charge is 0.00412 e. The summed E-state index contributed by atoms with van der Waals surface area (Å²) in [7, 11) is 0. The van der Waals surface area contributed by atoms with Crippen LogP contribution in [0.2, 0.25) is 0 Å². The van der Waals surface area contributed by atoms with Crippen LogP contribution >= 0.6 is 0 Å². The van der Waals surface area contributed by atoms with Crippen LogP contribution in [-0.2, 0) is 0 Å². The molecule has 1 aliphatic carbocycles. The van der Waals surface area contributed by atoms with Crippen LogP contribution in [0.1, 0.15) is 146 Å². The van der Waals surface area contributed by atoms with Crippen LogP contribution in [-0.4, -0.2) is 6.04 Å². The van der Waals surface area contributed by atoms with Gasteiger partial charge in [0.25, 0.3) is 0 Å². The quantitative estimate of drug-likeness (QED) is 0.272. The van der Waals surface area contributed by atoms with E-state index in [2.05, 4.69) is 62.3 Å². The Kier molecular flexibility index (Phi) is 12.7. The van der Waals surface area contributed by atoms with Crippen LogP contribution in [0.5, 0.6) is 0 Å². The third-order valence-corrected chi connectivity index (χ3v) is 9.60. The monoisotopic (exact) mass is 435 g/mol. The van der Waals surface area contributed by atoms with Gasteiger partial charge in [-0.25, -0.2) is 0 Å². The van der Waals surface area contributed by atoms with Gasteiger partial charge in [0, 0.05) is 6.04 Å². The van der Waals surface area contributed by atoms with E-state index in [1.165, 1.54) is 83.5 Å². The summed E-state index contributed by atoms with van der Waals surface area (Å²) in [5.41, 5.74) is 7.38. The SMILES string of the molecule is CCCC(CCCC(C(C)C)C(C)N)C(C)(CC)CC(C)CCC1CCCCC1(C)C. The molecule has 1 fully saturated rings. The molecule has 2 N–H and O–H groups in total. The molecule has 6 unspecified atom stereocenters. The summed E-state index contributed by atoms with van der Waals surface area (Å²) in [5, 5.41) is 0. The highest BCUT2D eigenvalue weighted by atomic mass is 14.6. The minimum Gasteiger partial charge on any atom is -0.328 e. The molecule has 0 saturated heterocycles. The zero-order valence-corrected chi connectivity index (χ0v) is 23.2. The third kappa shape index (κ3) is 9.38. The number of nitrogens with two attached hydrogens (primary N) is 1. The standard InChI is InChI=1S/C30H61N/c1-10-15-27(17-14-18-28(23(3)4)25(6)31)30(9,11-2)22-24(5)19-20-26-16-12-13-21-29(26,7)8/h23-28H,10-22,31H2,1-9H3. The molecule has 1 saturated carbocycles. The Morgan fingerprint density at radius 3 is 2.16 bits per heavy atom. The topological polar surface area (TPSA) is 26.0 Å². The normalized spacial score (nSPS) is 25.1. The van der Waals surface area contributed by atoms with E-state index in [-0.39, 0.29) is 0 Å². The Balaban J connectivity index is 2.66. The number of hydrogen-bond donors (Lipinski definition) is 1. The van der Waals surface area contributed by atoms with Crippen molar-refractivity contribution in [3.05, 3.63) is 0 Å². The number of hydrogen-bond acceptors (Lipinski definition) is 1. The molecule has 0 aromatic rings. The van der Waals surface area contributed by atoms with E-state index in [0.29, 0.717) is 28.7 Å². The Morgan fingerprint density at radius 1 is 0.968 bits per heavy atom. The van der Waals surface area contributed by atoms with Crippen molar-refractivity contribution in [1.82, 2.24) is 0 Å². The molecule has 31 heavy (non-hydrogen) atoms. The zero-order chi connectivity index (χ0) is 23.7. The molecular formula is C30H61N. The minimum atomic E-state index is 0.325. The van der Waals surface area contributed by atoms with Crippen molar-refractivity contribution in [2.24, 2.45) is 46.2 Å². The lowest BCUT2D eigenvalue weighted by Crippen LogP contribution is -2.32. The maximum atomic E-state index is 6.30. The first-order chi connectivity index (χ1) is 14.5. The molecule has 1 heteroatoms. The Morgan fingerprint density at radius 2 is 1.65 bits per heavy atom. The molecule has 0 amide bonds. The van der Waals surface area contributed by atoms with Gasteiger partial charge in [-0.2, -0.15) is 0 Å². The molecule has 1 nitrogen and oxygen atoms in total. The van der Waals surface area contributed by atoms with E-state index in [4.69, 9.17) is 5.73 Å². The maximum absolute atomic E-state index is 6.30. The molecule has 0 spiro atoms. The van der Waals surface area contributed by atoms with Crippen molar-refractivity contribution in [3.8, 4) is 0 Å². The van der Waals surface area contributed by atoms with Crippen molar-refractivity contribution < 1.29 is 0 Å². The molecule has 0 aromatic carbocycles. The summed E-state index contributed by atoms with van der Waals surface area (Å²) in [6.07, 6.45) is 18.3. The first-order valence-electron chi connectivity index (χ1n) is 14.2. The van der Waals surface area contributed by atoms with E-state index >= 15 is 0 Å². The van der Waals surface area contributed by atoms with Crippen LogP contribution in [0, 0.1) is 40.4 Å². The average Bonchev–Trinajstić information content (AvgIpc) is 2.68. The predicted molar refractivity (Wildman–Crippen MR) is 141 cm³/mol. The van der Waals surface area contributed by atoms with Gasteiger partial charge in [-0.15, -0.1) is 0 Å². The molecule has 1 aliphatic rings. The second-order valence-electron chi connectivity index (χ2n) is 13.0. The largest absolute Gasteiger partial charge is 0.328 e. The van der Waals surface area contributed by atoms with Crippen molar-refractivity contribution in [2.45, 2.75) is 152 Å². The summed E-state index contributed by atoms with van der Waals surface area (Å²) >= 11 is 0. The molecule has 0 bridgehead atoms. The van der Waals surface area contributed by atoms with Crippen LogP contribution < -0.4 is 5.73 Å². The van der Waals surface area contributed by atoms with E-state index in [9.17, 15) is 0 Å². The highest BCUT2D eigenvalue weighted by Crippen LogP contribution is 2.46. The fourth-order valence-electron chi connectivity index (χ4n) is 7.08. The zero-order valence-electron chi connectivity index (χ0n) is 23.2. The van der Waals surface area contributed by atoms with E-state index in [1.807, 2.05) is 0 Å². The molecular weight excluding hydrogens is 374 g/mol. The molecule has 186 valence electrons. The van der Waals surface area contributed by atoms with Gasteiger partial charge in [0.05, 0.1) is 0 Å². The maximum Gasteiger partial charge on any atom is 0.00412 e.